The lowest BCUT2D eigenvalue weighted by Gasteiger charge is -2.17. The Morgan fingerprint density at radius 3 is 2.40 bits per heavy atom. The van der Waals surface area contributed by atoms with Crippen LogP contribution in [0.1, 0.15) is 26.7 Å². The average Bonchev–Trinajstić information content (AvgIpc) is 1.89. The highest BCUT2D eigenvalue weighted by Crippen LogP contribution is 2.13. The normalized spacial score (nSPS) is 33.9. The van der Waals surface area contributed by atoms with Crippen LogP contribution in [0.25, 0.3) is 0 Å². The summed E-state index contributed by atoms with van der Waals surface area (Å²) in [5, 5.41) is 0.243. The van der Waals surface area contributed by atoms with E-state index in [-0.39, 0.29) is 5.25 Å². The molecule has 1 heterocycles. The van der Waals surface area contributed by atoms with Crippen molar-refractivity contribution in [1.82, 2.24) is 0 Å². The van der Waals surface area contributed by atoms with Crippen LogP contribution in [-0.4, -0.2) is 21.8 Å². The molecule has 0 aliphatic carbocycles. The molecule has 0 aromatic rings. The fourth-order valence-corrected chi connectivity index (χ4v) is 3.04. The first-order valence-electron chi connectivity index (χ1n) is 3.84. The molecule has 10 heavy (non-hydrogen) atoms. The van der Waals surface area contributed by atoms with E-state index in [1.54, 1.807) is 0 Å². The molecule has 0 radical (unpaired) electrons. The molecule has 0 saturated carbocycles. The van der Waals surface area contributed by atoms with E-state index in [9.17, 15) is 4.21 Å². The minimum absolute atomic E-state index is 0.243. The summed E-state index contributed by atoms with van der Waals surface area (Å²) in [7, 11) is -1.78. The van der Waals surface area contributed by atoms with Crippen LogP contribution in [-0.2, 0) is 9.73 Å². The fourth-order valence-electron chi connectivity index (χ4n) is 1.09. The van der Waals surface area contributed by atoms with Crippen LogP contribution in [0.4, 0.5) is 0 Å². The summed E-state index contributed by atoms with van der Waals surface area (Å²) in [6, 6.07) is 0. The first-order valence-corrected chi connectivity index (χ1v) is 5.59. The van der Waals surface area contributed by atoms with Gasteiger partial charge in [0.15, 0.2) is 0 Å². The zero-order chi connectivity index (χ0) is 7.61. The minimum atomic E-state index is -1.78. The van der Waals surface area contributed by atoms with Crippen molar-refractivity contribution < 1.29 is 4.21 Å². The van der Waals surface area contributed by atoms with Gasteiger partial charge in [-0.25, -0.2) is 8.57 Å². The lowest BCUT2D eigenvalue weighted by Crippen LogP contribution is -2.21. The summed E-state index contributed by atoms with van der Waals surface area (Å²) in [6.45, 7) is 4.81. The van der Waals surface area contributed by atoms with Gasteiger partial charge in [-0.3, -0.25) is 0 Å². The van der Waals surface area contributed by atoms with Crippen molar-refractivity contribution in [3.05, 3.63) is 0 Å². The monoisotopic (exact) mass is 161 g/mol. The van der Waals surface area contributed by atoms with Gasteiger partial charge in [-0.15, -0.1) is 0 Å². The third kappa shape index (κ3) is 1.51. The molecule has 0 N–H and O–H groups in total. The first kappa shape index (κ1) is 8.05. The Kier molecular flexibility index (Phi) is 2.34. The summed E-state index contributed by atoms with van der Waals surface area (Å²) < 4.78 is 15.9. The second-order valence-electron chi connectivity index (χ2n) is 3.00. The van der Waals surface area contributed by atoms with E-state index in [0.717, 1.165) is 25.1 Å². The quantitative estimate of drug-likeness (QED) is 0.575. The lowest BCUT2D eigenvalue weighted by molar-refractivity contribution is 0.651. The Morgan fingerprint density at radius 1 is 1.40 bits per heavy atom. The molecule has 1 aliphatic rings. The zero-order valence-corrected chi connectivity index (χ0v) is 7.49. The second-order valence-corrected chi connectivity index (χ2v) is 5.99. The number of hydrogen-bond donors (Lipinski definition) is 0. The molecule has 1 unspecified atom stereocenters. The van der Waals surface area contributed by atoms with E-state index < -0.39 is 9.73 Å². The predicted molar refractivity (Wildman–Crippen MR) is 44.7 cm³/mol. The Labute approximate surface area is 63.2 Å². The van der Waals surface area contributed by atoms with E-state index in [1.165, 1.54) is 0 Å². The van der Waals surface area contributed by atoms with Gasteiger partial charge in [0.05, 0.1) is 0 Å². The predicted octanol–water partition coefficient (Wildman–Crippen LogP) is 1.66. The van der Waals surface area contributed by atoms with Gasteiger partial charge in [-0.05, 0) is 12.8 Å². The van der Waals surface area contributed by atoms with Gasteiger partial charge >= 0.3 is 0 Å². The maximum absolute atomic E-state index is 11.7. The molecule has 0 saturated heterocycles. The van der Waals surface area contributed by atoms with Crippen LogP contribution in [0.3, 0.4) is 0 Å². The average molecular weight is 161 g/mol. The number of hydrogen-bond acceptors (Lipinski definition) is 2. The zero-order valence-electron chi connectivity index (χ0n) is 6.67. The molecule has 1 aliphatic heterocycles. The molecule has 1 rings (SSSR count). The summed E-state index contributed by atoms with van der Waals surface area (Å²) in [5.74, 6) is 0.824. The van der Waals surface area contributed by atoms with Crippen molar-refractivity contribution in [2.45, 2.75) is 31.9 Å². The minimum Gasteiger partial charge on any atom is -0.250 e. The van der Waals surface area contributed by atoms with Crippen molar-refractivity contribution >= 4 is 9.73 Å². The molecular weight excluding hydrogens is 146 g/mol. The van der Waals surface area contributed by atoms with Crippen LogP contribution < -0.4 is 0 Å². The molecule has 0 amide bonds. The van der Waals surface area contributed by atoms with E-state index in [4.69, 9.17) is 0 Å². The summed E-state index contributed by atoms with van der Waals surface area (Å²) in [5.41, 5.74) is 0. The van der Waals surface area contributed by atoms with Crippen LogP contribution >= 0.6 is 0 Å². The third-order valence-corrected chi connectivity index (χ3v) is 4.86. The lowest BCUT2D eigenvalue weighted by atomic mass is 10.3. The van der Waals surface area contributed by atoms with Gasteiger partial charge in [0.2, 0.25) is 0 Å². The summed E-state index contributed by atoms with van der Waals surface area (Å²) in [4.78, 5) is 0. The third-order valence-electron chi connectivity index (χ3n) is 1.89. The van der Waals surface area contributed by atoms with Crippen LogP contribution in [0.2, 0.25) is 0 Å². The maximum Gasteiger partial charge on any atom is 0.0491 e. The van der Waals surface area contributed by atoms with E-state index >= 15 is 0 Å². The summed E-state index contributed by atoms with van der Waals surface area (Å²) >= 11 is 0. The van der Waals surface area contributed by atoms with E-state index in [1.807, 2.05) is 13.8 Å². The molecule has 0 bridgehead atoms. The molecule has 0 spiro atoms. The second kappa shape index (κ2) is 2.91. The topological polar surface area (TPSA) is 29.4 Å². The number of nitrogens with zero attached hydrogens (tertiary/aromatic N) is 1. The molecular formula is C7H15NOS. The summed E-state index contributed by atoms with van der Waals surface area (Å²) in [6.07, 6.45) is 2.23. The molecule has 60 valence electrons. The standard InChI is InChI=1S/C7H15NOS/c1-7(2)10(9)6-4-3-5-8-10/h7H,3-6H2,1-2H3. The molecule has 0 fully saturated rings. The fraction of sp³-hybridized carbons (Fsp3) is 1.00. The van der Waals surface area contributed by atoms with Crippen molar-refractivity contribution in [2.24, 2.45) is 4.36 Å². The first-order chi connectivity index (χ1) is 4.65. The van der Waals surface area contributed by atoms with Gasteiger partial charge < -0.3 is 0 Å². The van der Waals surface area contributed by atoms with Crippen LogP contribution in [0.15, 0.2) is 4.36 Å². The van der Waals surface area contributed by atoms with Crippen molar-refractivity contribution in [1.29, 1.82) is 0 Å². The molecule has 2 nitrogen and oxygen atoms in total. The van der Waals surface area contributed by atoms with Crippen molar-refractivity contribution in [3.8, 4) is 0 Å². The van der Waals surface area contributed by atoms with Gasteiger partial charge in [0, 0.05) is 27.3 Å². The van der Waals surface area contributed by atoms with Gasteiger partial charge in [0.25, 0.3) is 0 Å². The molecule has 1 atom stereocenters. The highest BCUT2D eigenvalue weighted by Gasteiger charge is 2.16. The Morgan fingerprint density at radius 2 is 2.10 bits per heavy atom. The number of rotatable bonds is 1. The maximum atomic E-state index is 11.7. The highest BCUT2D eigenvalue weighted by molar-refractivity contribution is 7.94. The molecule has 0 aromatic heterocycles. The molecule has 3 heteroatoms. The van der Waals surface area contributed by atoms with E-state index in [0.29, 0.717) is 0 Å². The van der Waals surface area contributed by atoms with E-state index in [2.05, 4.69) is 4.36 Å². The Bertz CT molecular complexity index is 214. The van der Waals surface area contributed by atoms with Gasteiger partial charge in [-0.1, -0.05) is 13.8 Å². The van der Waals surface area contributed by atoms with Gasteiger partial charge in [0.1, 0.15) is 0 Å². The molecule has 0 aromatic carbocycles. The van der Waals surface area contributed by atoms with Crippen molar-refractivity contribution in [3.63, 3.8) is 0 Å². The SMILES string of the molecule is CC(C)S1(=O)=NCCCC1. The van der Waals surface area contributed by atoms with Crippen LogP contribution in [0.5, 0.6) is 0 Å². The Hall–Kier alpha value is -0.0500. The van der Waals surface area contributed by atoms with Gasteiger partial charge in [-0.2, -0.15) is 0 Å². The van der Waals surface area contributed by atoms with Crippen molar-refractivity contribution in [2.75, 3.05) is 12.3 Å². The largest absolute Gasteiger partial charge is 0.250 e. The Balaban J connectivity index is 2.84. The smallest absolute Gasteiger partial charge is 0.0491 e. The highest BCUT2D eigenvalue weighted by atomic mass is 32.2. The van der Waals surface area contributed by atoms with Crippen LogP contribution in [0, 0.1) is 0 Å².